The summed E-state index contributed by atoms with van der Waals surface area (Å²) in [6.45, 7) is 5.94. The fraction of sp³-hybridized carbons (Fsp3) is 0.875. The molecule has 0 heterocycles. The smallest absolute Gasteiger partial charge is 0.309 e. The summed E-state index contributed by atoms with van der Waals surface area (Å²) in [6.07, 6.45) is 2.70. The zero-order valence-electron chi connectivity index (χ0n) is 8.79. The van der Waals surface area contributed by atoms with Crippen LogP contribution < -0.4 is 5.73 Å². The number of hydrogen-bond donors (Lipinski definition) is 1. The van der Waals surface area contributed by atoms with Gasteiger partial charge in [-0.25, -0.2) is 0 Å². The van der Waals surface area contributed by atoms with Gasteiger partial charge in [0.25, 0.3) is 0 Å². The van der Waals surface area contributed by atoms with Crippen LogP contribution in [-0.4, -0.2) is 32.3 Å². The molecule has 78 valence electrons. The summed E-state index contributed by atoms with van der Waals surface area (Å²) < 4.78 is 5.26. The minimum Gasteiger partial charge on any atom is -0.519 e. The Labute approximate surface area is 85.5 Å². The first kappa shape index (κ1) is 13.0. The highest BCUT2D eigenvalue weighted by atomic mass is 32.2. The molecular weight excluding hydrogens is 202 g/mol. The Balaban J connectivity index is 3.83. The van der Waals surface area contributed by atoms with Crippen LogP contribution in [0, 0.1) is 0 Å². The van der Waals surface area contributed by atoms with E-state index in [-0.39, 0.29) is 5.97 Å². The van der Waals surface area contributed by atoms with E-state index >= 15 is 0 Å². The number of nitrogens with two attached hydrogens (primary N) is 1. The molecule has 0 aromatic rings. The highest BCUT2D eigenvalue weighted by Gasteiger charge is 2.23. The Morgan fingerprint density at radius 3 is 2.46 bits per heavy atom. The molecule has 0 spiro atoms. The fourth-order valence-electron chi connectivity index (χ4n) is 0.740. The van der Waals surface area contributed by atoms with Crippen LogP contribution in [0.1, 0.15) is 6.42 Å². The second kappa shape index (κ2) is 5.67. The minimum atomic E-state index is -1.76. The van der Waals surface area contributed by atoms with Gasteiger partial charge in [0.15, 0.2) is 0 Å². The maximum Gasteiger partial charge on any atom is 0.309 e. The van der Waals surface area contributed by atoms with Gasteiger partial charge in [-0.15, -0.1) is 0 Å². The standard InChI is InChI=1S/C8H19NO2SSi/c1-12-6-5-7(9)8(10)11-13(2,3)4/h7H,5-6,9H2,1-4H3. The Hall–Kier alpha value is -0.00312. The molecule has 0 rings (SSSR count). The first-order valence-electron chi connectivity index (χ1n) is 4.34. The first-order chi connectivity index (χ1) is 5.87. The van der Waals surface area contributed by atoms with Crippen molar-refractivity contribution in [2.24, 2.45) is 5.73 Å². The molecule has 0 aromatic carbocycles. The summed E-state index contributed by atoms with van der Waals surface area (Å²) in [6, 6.07) is -0.445. The highest BCUT2D eigenvalue weighted by molar-refractivity contribution is 7.98. The van der Waals surface area contributed by atoms with Gasteiger partial charge in [-0.2, -0.15) is 11.8 Å². The molecule has 0 aliphatic rings. The van der Waals surface area contributed by atoms with E-state index in [1.54, 1.807) is 11.8 Å². The Morgan fingerprint density at radius 2 is 2.08 bits per heavy atom. The van der Waals surface area contributed by atoms with Crippen molar-refractivity contribution < 1.29 is 9.22 Å². The van der Waals surface area contributed by atoms with Crippen LogP contribution in [0.3, 0.4) is 0 Å². The van der Waals surface area contributed by atoms with Gasteiger partial charge in [0.05, 0.1) is 0 Å². The molecule has 1 atom stereocenters. The molecular formula is C8H19NO2SSi. The third-order valence-electron chi connectivity index (χ3n) is 1.34. The van der Waals surface area contributed by atoms with E-state index in [1.807, 2.05) is 25.9 Å². The SMILES string of the molecule is CSCCC(N)C(=O)O[Si](C)(C)C. The van der Waals surface area contributed by atoms with Gasteiger partial charge < -0.3 is 10.2 Å². The predicted octanol–water partition coefficient (Wildman–Crippen LogP) is 1.44. The lowest BCUT2D eigenvalue weighted by atomic mass is 10.2. The topological polar surface area (TPSA) is 52.3 Å². The Bertz CT molecular complexity index is 170. The van der Waals surface area contributed by atoms with Gasteiger partial charge in [-0.3, -0.25) is 4.79 Å². The van der Waals surface area contributed by atoms with Crippen molar-refractivity contribution in [3.05, 3.63) is 0 Å². The van der Waals surface area contributed by atoms with Gasteiger partial charge in [0.1, 0.15) is 6.04 Å². The first-order valence-corrected chi connectivity index (χ1v) is 9.14. The van der Waals surface area contributed by atoms with E-state index in [0.717, 1.165) is 5.75 Å². The van der Waals surface area contributed by atoms with Crippen LogP contribution in [0.5, 0.6) is 0 Å². The van der Waals surface area contributed by atoms with Crippen molar-refractivity contribution >= 4 is 26.0 Å². The molecule has 0 aliphatic heterocycles. The third-order valence-corrected chi connectivity index (χ3v) is 2.80. The van der Waals surface area contributed by atoms with Crippen molar-refractivity contribution in [1.29, 1.82) is 0 Å². The van der Waals surface area contributed by atoms with Crippen LogP contribution in [0.15, 0.2) is 0 Å². The molecule has 3 nitrogen and oxygen atoms in total. The fourth-order valence-corrected chi connectivity index (χ4v) is 1.98. The van der Waals surface area contributed by atoms with Crippen molar-refractivity contribution in [3.8, 4) is 0 Å². The molecule has 0 fully saturated rings. The summed E-state index contributed by atoms with van der Waals surface area (Å²) in [4.78, 5) is 11.3. The van der Waals surface area contributed by atoms with Crippen molar-refractivity contribution in [3.63, 3.8) is 0 Å². The van der Waals surface area contributed by atoms with Gasteiger partial charge in [-0.05, 0) is 38.1 Å². The summed E-state index contributed by atoms with van der Waals surface area (Å²) in [5.74, 6) is 0.662. The van der Waals surface area contributed by atoms with E-state index < -0.39 is 14.4 Å². The molecule has 0 bridgehead atoms. The monoisotopic (exact) mass is 221 g/mol. The number of carbonyl (C=O) groups is 1. The van der Waals surface area contributed by atoms with Crippen molar-refractivity contribution in [1.82, 2.24) is 0 Å². The van der Waals surface area contributed by atoms with E-state index in [2.05, 4.69) is 0 Å². The molecule has 0 aromatic heterocycles. The van der Waals surface area contributed by atoms with Gasteiger partial charge >= 0.3 is 5.97 Å². The summed E-state index contributed by atoms with van der Waals surface area (Å²) >= 11 is 1.69. The number of hydrogen-bond acceptors (Lipinski definition) is 4. The molecule has 5 heteroatoms. The largest absolute Gasteiger partial charge is 0.519 e. The lowest BCUT2D eigenvalue weighted by Crippen LogP contribution is -2.39. The third kappa shape index (κ3) is 7.10. The molecule has 0 radical (unpaired) electrons. The average Bonchev–Trinajstić information content (AvgIpc) is 1.96. The predicted molar refractivity (Wildman–Crippen MR) is 60.4 cm³/mol. The molecule has 2 N–H and O–H groups in total. The van der Waals surface area contributed by atoms with Crippen molar-refractivity contribution in [2.45, 2.75) is 32.1 Å². The van der Waals surface area contributed by atoms with Gasteiger partial charge in [0, 0.05) is 0 Å². The number of rotatable bonds is 5. The Kier molecular flexibility index (Phi) is 5.67. The van der Waals surface area contributed by atoms with Crippen LogP contribution in [0.25, 0.3) is 0 Å². The highest BCUT2D eigenvalue weighted by Crippen LogP contribution is 2.06. The van der Waals surface area contributed by atoms with Crippen LogP contribution in [0.2, 0.25) is 19.6 Å². The second-order valence-electron chi connectivity index (χ2n) is 3.92. The second-order valence-corrected chi connectivity index (χ2v) is 9.34. The summed E-state index contributed by atoms with van der Waals surface area (Å²) in [5, 5.41) is 0. The molecule has 0 saturated heterocycles. The Morgan fingerprint density at radius 1 is 1.54 bits per heavy atom. The summed E-state index contributed by atoms with van der Waals surface area (Å²) in [5.41, 5.74) is 5.64. The summed E-state index contributed by atoms with van der Waals surface area (Å²) in [7, 11) is -1.76. The van der Waals surface area contributed by atoms with Crippen LogP contribution in [-0.2, 0) is 9.22 Å². The number of carbonyl (C=O) groups excluding carboxylic acids is 1. The molecule has 1 unspecified atom stereocenters. The van der Waals surface area contributed by atoms with Gasteiger partial charge in [-0.1, -0.05) is 0 Å². The van der Waals surface area contributed by atoms with Gasteiger partial charge in [0.2, 0.25) is 8.32 Å². The molecule has 0 saturated carbocycles. The zero-order chi connectivity index (χ0) is 10.5. The number of thioether (sulfide) groups is 1. The molecule has 0 amide bonds. The quantitative estimate of drug-likeness (QED) is 0.714. The minimum absolute atomic E-state index is 0.242. The van der Waals surface area contributed by atoms with E-state index in [4.69, 9.17) is 10.2 Å². The normalized spacial score (nSPS) is 13.9. The van der Waals surface area contributed by atoms with Crippen LogP contribution >= 0.6 is 11.8 Å². The average molecular weight is 221 g/mol. The molecule has 0 aliphatic carbocycles. The lowest BCUT2D eigenvalue weighted by Gasteiger charge is -2.20. The maximum atomic E-state index is 11.3. The maximum absolute atomic E-state index is 11.3. The lowest BCUT2D eigenvalue weighted by molar-refractivity contribution is -0.136. The van der Waals surface area contributed by atoms with Crippen LogP contribution in [0.4, 0.5) is 0 Å². The molecule has 13 heavy (non-hydrogen) atoms. The van der Waals surface area contributed by atoms with Crippen molar-refractivity contribution in [2.75, 3.05) is 12.0 Å². The van der Waals surface area contributed by atoms with E-state index in [9.17, 15) is 4.79 Å². The zero-order valence-corrected chi connectivity index (χ0v) is 10.6. The van der Waals surface area contributed by atoms with E-state index in [0.29, 0.717) is 6.42 Å². The van der Waals surface area contributed by atoms with E-state index in [1.165, 1.54) is 0 Å².